The lowest BCUT2D eigenvalue weighted by Crippen LogP contribution is -2.14. The lowest BCUT2D eigenvalue weighted by molar-refractivity contribution is 0.102. The first-order valence-electron chi connectivity index (χ1n) is 8.32. The fourth-order valence-corrected chi connectivity index (χ4v) is 3.14. The molecule has 0 atom stereocenters. The van der Waals surface area contributed by atoms with Gasteiger partial charge in [0.1, 0.15) is 12.7 Å². The van der Waals surface area contributed by atoms with Crippen LogP contribution in [0.1, 0.15) is 10.4 Å². The Hall–Kier alpha value is -3.25. The Labute approximate surface area is 164 Å². The number of carbonyl (C=O) groups is 1. The van der Waals surface area contributed by atoms with Crippen molar-refractivity contribution in [2.75, 3.05) is 5.32 Å². The first-order valence-corrected chi connectivity index (χ1v) is 9.11. The molecule has 1 heterocycles. The third kappa shape index (κ3) is 3.80. The molecule has 27 heavy (non-hydrogen) atoms. The van der Waals surface area contributed by atoms with Crippen molar-refractivity contribution in [3.8, 4) is 16.8 Å². The summed E-state index contributed by atoms with van der Waals surface area (Å²) in [6, 6.07) is 23.2. The summed E-state index contributed by atoms with van der Waals surface area (Å²) < 4.78 is 2.47. The van der Waals surface area contributed by atoms with Gasteiger partial charge in [0.05, 0.1) is 11.4 Å². The molecule has 4 aromatic rings. The molecule has 0 bridgehead atoms. The zero-order valence-corrected chi connectivity index (χ0v) is 15.8. The Morgan fingerprint density at radius 3 is 2.37 bits per heavy atom. The summed E-state index contributed by atoms with van der Waals surface area (Å²) in [4.78, 5) is 16.7. The van der Waals surface area contributed by atoms with Gasteiger partial charge in [-0.25, -0.2) is 9.67 Å². The summed E-state index contributed by atoms with van der Waals surface area (Å²) in [5.74, 6) is -0.186. The Kier molecular flexibility index (Phi) is 4.80. The molecule has 0 radical (unpaired) electrons. The van der Waals surface area contributed by atoms with Crippen molar-refractivity contribution < 1.29 is 4.79 Å². The van der Waals surface area contributed by atoms with Gasteiger partial charge in [0.25, 0.3) is 5.91 Å². The van der Waals surface area contributed by atoms with Crippen LogP contribution < -0.4 is 5.32 Å². The molecule has 1 amide bonds. The van der Waals surface area contributed by atoms with Gasteiger partial charge in [-0.15, -0.1) is 0 Å². The number of aromatic nitrogens is 3. The molecule has 4 rings (SSSR count). The van der Waals surface area contributed by atoms with Crippen LogP contribution in [-0.4, -0.2) is 20.7 Å². The van der Waals surface area contributed by atoms with Gasteiger partial charge in [0, 0.05) is 10.0 Å². The van der Waals surface area contributed by atoms with Crippen molar-refractivity contribution in [2.24, 2.45) is 0 Å². The van der Waals surface area contributed by atoms with Crippen LogP contribution in [0.25, 0.3) is 16.8 Å². The molecule has 0 spiro atoms. The van der Waals surface area contributed by atoms with Gasteiger partial charge in [0.2, 0.25) is 0 Å². The Balaban J connectivity index is 1.59. The van der Waals surface area contributed by atoms with E-state index in [1.807, 2.05) is 72.8 Å². The van der Waals surface area contributed by atoms with Gasteiger partial charge in [-0.05, 0) is 41.5 Å². The highest BCUT2D eigenvalue weighted by molar-refractivity contribution is 9.10. The molecule has 132 valence electrons. The van der Waals surface area contributed by atoms with Crippen LogP contribution >= 0.6 is 15.9 Å². The first-order chi connectivity index (χ1) is 13.2. The number of benzene rings is 3. The summed E-state index contributed by atoms with van der Waals surface area (Å²) in [5, 5.41) is 7.10. The van der Waals surface area contributed by atoms with E-state index in [2.05, 4.69) is 31.3 Å². The molecule has 0 saturated heterocycles. The van der Waals surface area contributed by atoms with Crippen molar-refractivity contribution >= 4 is 27.5 Å². The molecule has 3 aromatic carbocycles. The molecule has 0 unspecified atom stereocenters. The largest absolute Gasteiger partial charge is 0.320 e. The van der Waals surface area contributed by atoms with Gasteiger partial charge >= 0.3 is 0 Å². The van der Waals surface area contributed by atoms with Crippen molar-refractivity contribution in [2.45, 2.75) is 0 Å². The fourth-order valence-electron chi connectivity index (χ4n) is 2.78. The first kappa shape index (κ1) is 17.2. The SMILES string of the molecule is O=C(Nc1cc(Br)ccc1-n1cncn1)c1ccc(-c2ccccc2)cc1. The van der Waals surface area contributed by atoms with E-state index in [9.17, 15) is 4.79 Å². The number of halogens is 1. The van der Waals surface area contributed by atoms with E-state index >= 15 is 0 Å². The van der Waals surface area contributed by atoms with Gasteiger partial charge in [0.15, 0.2) is 0 Å². The van der Waals surface area contributed by atoms with E-state index < -0.39 is 0 Å². The normalized spacial score (nSPS) is 10.6. The predicted molar refractivity (Wildman–Crippen MR) is 109 cm³/mol. The van der Waals surface area contributed by atoms with E-state index in [0.29, 0.717) is 11.3 Å². The second-order valence-electron chi connectivity index (χ2n) is 5.90. The number of hydrogen-bond donors (Lipinski definition) is 1. The molecule has 0 aliphatic rings. The number of amides is 1. The molecule has 1 N–H and O–H groups in total. The average Bonchev–Trinajstić information content (AvgIpc) is 3.23. The minimum absolute atomic E-state index is 0.186. The molecule has 0 aliphatic heterocycles. The number of carbonyl (C=O) groups excluding carboxylic acids is 1. The number of nitrogens with zero attached hydrogens (tertiary/aromatic N) is 3. The minimum Gasteiger partial charge on any atom is -0.320 e. The second-order valence-corrected chi connectivity index (χ2v) is 6.81. The molecule has 1 aromatic heterocycles. The summed E-state index contributed by atoms with van der Waals surface area (Å²) in [7, 11) is 0. The molecule has 0 aliphatic carbocycles. The minimum atomic E-state index is -0.186. The lowest BCUT2D eigenvalue weighted by Gasteiger charge is -2.12. The lowest BCUT2D eigenvalue weighted by atomic mass is 10.0. The highest BCUT2D eigenvalue weighted by Crippen LogP contribution is 2.25. The maximum atomic E-state index is 12.7. The van der Waals surface area contributed by atoms with Crippen LogP contribution in [0, 0.1) is 0 Å². The fraction of sp³-hybridized carbons (Fsp3) is 0. The number of nitrogens with one attached hydrogen (secondary N) is 1. The van der Waals surface area contributed by atoms with Crippen LogP contribution in [0.5, 0.6) is 0 Å². The number of rotatable bonds is 4. The summed E-state index contributed by atoms with van der Waals surface area (Å²) in [5.41, 5.74) is 4.15. The number of hydrogen-bond acceptors (Lipinski definition) is 3. The predicted octanol–water partition coefficient (Wildman–Crippen LogP) is 4.95. The van der Waals surface area contributed by atoms with Crippen molar-refractivity contribution in [3.63, 3.8) is 0 Å². The molecular weight excluding hydrogens is 404 g/mol. The van der Waals surface area contributed by atoms with Gasteiger partial charge in [-0.3, -0.25) is 4.79 Å². The third-order valence-electron chi connectivity index (χ3n) is 4.13. The highest BCUT2D eigenvalue weighted by atomic mass is 79.9. The molecule has 0 saturated carbocycles. The zero-order valence-electron chi connectivity index (χ0n) is 14.2. The van der Waals surface area contributed by atoms with Crippen LogP contribution in [0.3, 0.4) is 0 Å². The average molecular weight is 419 g/mol. The summed E-state index contributed by atoms with van der Waals surface area (Å²) in [6.07, 6.45) is 3.05. The van der Waals surface area contributed by atoms with Gasteiger partial charge in [-0.2, -0.15) is 5.10 Å². The van der Waals surface area contributed by atoms with Crippen LogP contribution in [0.15, 0.2) is 89.9 Å². The second kappa shape index (κ2) is 7.55. The summed E-state index contributed by atoms with van der Waals surface area (Å²) >= 11 is 3.44. The van der Waals surface area contributed by atoms with E-state index in [0.717, 1.165) is 21.3 Å². The molecular formula is C21H15BrN4O. The Bertz CT molecular complexity index is 1060. The van der Waals surface area contributed by atoms with E-state index in [-0.39, 0.29) is 5.91 Å². The topological polar surface area (TPSA) is 59.8 Å². The van der Waals surface area contributed by atoms with Crippen LogP contribution in [-0.2, 0) is 0 Å². The summed E-state index contributed by atoms with van der Waals surface area (Å²) in [6.45, 7) is 0. The molecule has 0 fully saturated rings. The van der Waals surface area contributed by atoms with Gasteiger partial charge in [-0.1, -0.05) is 58.4 Å². The van der Waals surface area contributed by atoms with E-state index in [1.165, 1.54) is 6.33 Å². The quantitative estimate of drug-likeness (QED) is 0.509. The molecule has 6 heteroatoms. The highest BCUT2D eigenvalue weighted by Gasteiger charge is 2.12. The van der Waals surface area contributed by atoms with Crippen molar-refractivity contribution in [1.82, 2.24) is 14.8 Å². The maximum absolute atomic E-state index is 12.7. The van der Waals surface area contributed by atoms with Gasteiger partial charge < -0.3 is 5.32 Å². The Morgan fingerprint density at radius 1 is 0.926 bits per heavy atom. The zero-order chi connectivity index (χ0) is 18.6. The maximum Gasteiger partial charge on any atom is 0.255 e. The third-order valence-corrected chi connectivity index (χ3v) is 4.62. The Morgan fingerprint density at radius 2 is 1.67 bits per heavy atom. The smallest absolute Gasteiger partial charge is 0.255 e. The van der Waals surface area contributed by atoms with Crippen LogP contribution in [0.2, 0.25) is 0 Å². The number of anilines is 1. The van der Waals surface area contributed by atoms with Crippen molar-refractivity contribution in [1.29, 1.82) is 0 Å². The van der Waals surface area contributed by atoms with Crippen LogP contribution in [0.4, 0.5) is 5.69 Å². The van der Waals surface area contributed by atoms with E-state index in [1.54, 1.807) is 11.0 Å². The standard InChI is InChI=1S/C21H15BrN4O/c22-18-10-11-20(26-14-23-13-24-26)19(12-18)25-21(27)17-8-6-16(7-9-17)15-4-2-1-3-5-15/h1-14H,(H,25,27). The van der Waals surface area contributed by atoms with E-state index in [4.69, 9.17) is 0 Å². The van der Waals surface area contributed by atoms with Crippen molar-refractivity contribution in [3.05, 3.63) is 95.5 Å². The monoisotopic (exact) mass is 418 g/mol. The molecule has 5 nitrogen and oxygen atoms in total.